The van der Waals surface area contributed by atoms with Gasteiger partial charge < -0.3 is 10.8 Å². The standard InChI is InChI=1S/C11H10F5NO.ClH/c12-5-4(10(17)11(18)3-1-2-3)6(13)8(15)9(16)7(5)14;/h3,10-11,18H,1-2,17H2;1H/t10-,11+;/m0./s1. The number of benzene rings is 1. The Balaban J connectivity index is 0.00000180. The molecule has 8 heteroatoms. The summed E-state index contributed by atoms with van der Waals surface area (Å²) in [5, 5.41) is 9.61. The van der Waals surface area contributed by atoms with Crippen LogP contribution in [0, 0.1) is 35.0 Å². The molecule has 2 nitrogen and oxygen atoms in total. The molecule has 2 atom stereocenters. The number of rotatable bonds is 3. The lowest BCUT2D eigenvalue weighted by Crippen LogP contribution is -2.30. The van der Waals surface area contributed by atoms with Crippen LogP contribution in [0.3, 0.4) is 0 Å². The summed E-state index contributed by atoms with van der Waals surface area (Å²) in [6, 6.07) is -1.64. The fourth-order valence-corrected chi connectivity index (χ4v) is 1.82. The van der Waals surface area contributed by atoms with E-state index in [1.54, 1.807) is 0 Å². The van der Waals surface area contributed by atoms with Gasteiger partial charge >= 0.3 is 0 Å². The Bertz CT molecular complexity index is 465. The van der Waals surface area contributed by atoms with Crippen molar-refractivity contribution in [3.8, 4) is 0 Å². The van der Waals surface area contributed by atoms with Crippen LogP contribution in [-0.2, 0) is 0 Å². The zero-order chi connectivity index (χ0) is 13.6. The maximum absolute atomic E-state index is 13.4. The van der Waals surface area contributed by atoms with Crippen molar-refractivity contribution >= 4 is 12.4 Å². The minimum Gasteiger partial charge on any atom is -0.391 e. The lowest BCUT2D eigenvalue weighted by molar-refractivity contribution is 0.118. The van der Waals surface area contributed by atoms with E-state index in [0.29, 0.717) is 12.8 Å². The summed E-state index contributed by atoms with van der Waals surface area (Å²) in [5.41, 5.74) is 4.22. The maximum Gasteiger partial charge on any atom is 0.200 e. The van der Waals surface area contributed by atoms with Crippen LogP contribution in [0.15, 0.2) is 0 Å². The Morgan fingerprint density at radius 2 is 1.26 bits per heavy atom. The quantitative estimate of drug-likeness (QED) is 0.512. The predicted molar refractivity (Wildman–Crippen MR) is 59.1 cm³/mol. The predicted octanol–water partition coefficient (Wildman–Crippen LogP) is 2.57. The van der Waals surface area contributed by atoms with E-state index in [0.717, 1.165) is 0 Å². The summed E-state index contributed by atoms with van der Waals surface area (Å²) in [4.78, 5) is 0. The van der Waals surface area contributed by atoms with Gasteiger partial charge in [0.25, 0.3) is 0 Å². The monoisotopic (exact) mass is 303 g/mol. The van der Waals surface area contributed by atoms with Crippen LogP contribution < -0.4 is 5.73 Å². The minimum atomic E-state index is -2.23. The van der Waals surface area contributed by atoms with Crippen molar-refractivity contribution in [1.82, 2.24) is 0 Å². The molecule has 1 aliphatic carbocycles. The Morgan fingerprint density at radius 3 is 1.63 bits per heavy atom. The normalized spacial score (nSPS) is 17.8. The fourth-order valence-electron chi connectivity index (χ4n) is 1.82. The van der Waals surface area contributed by atoms with Crippen LogP contribution in [-0.4, -0.2) is 11.2 Å². The molecule has 0 aromatic heterocycles. The third kappa shape index (κ3) is 2.68. The largest absolute Gasteiger partial charge is 0.391 e. The van der Waals surface area contributed by atoms with E-state index in [2.05, 4.69) is 0 Å². The summed E-state index contributed by atoms with van der Waals surface area (Å²) in [6.07, 6.45) is -0.0904. The zero-order valence-electron chi connectivity index (χ0n) is 9.47. The van der Waals surface area contributed by atoms with E-state index in [-0.39, 0.29) is 18.3 Å². The molecular formula is C11H11ClF5NO. The second-order valence-corrected chi connectivity index (χ2v) is 4.34. The molecule has 2 rings (SSSR count). The molecule has 1 fully saturated rings. The summed E-state index contributed by atoms with van der Waals surface area (Å²) in [7, 11) is 0. The second-order valence-electron chi connectivity index (χ2n) is 4.34. The lowest BCUT2D eigenvalue weighted by atomic mass is 9.97. The van der Waals surface area contributed by atoms with Gasteiger partial charge in [-0.1, -0.05) is 0 Å². The molecule has 0 saturated heterocycles. The highest BCUT2D eigenvalue weighted by Gasteiger charge is 2.38. The van der Waals surface area contributed by atoms with Crippen molar-refractivity contribution in [2.75, 3.05) is 0 Å². The molecule has 1 saturated carbocycles. The summed E-state index contributed by atoms with van der Waals surface area (Å²) >= 11 is 0. The third-order valence-electron chi connectivity index (χ3n) is 3.05. The SMILES string of the molecule is Cl.N[C@@H](c1c(F)c(F)c(F)c(F)c1F)[C@H](O)C1CC1. The number of halogens is 6. The van der Waals surface area contributed by atoms with E-state index < -0.39 is 46.8 Å². The number of aliphatic hydroxyl groups excluding tert-OH is 1. The highest BCUT2D eigenvalue weighted by Crippen LogP contribution is 2.39. The highest BCUT2D eigenvalue weighted by molar-refractivity contribution is 5.85. The van der Waals surface area contributed by atoms with E-state index in [4.69, 9.17) is 5.73 Å². The van der Waals surface area contributed by atoms with Crippen molar-refractivity contribution in [1.29, 1.82) is 0 Å². The van der Waals surface area contributed by atoms with Gasteiger partial charge in [0.05, 0.1) is 12.1 Å². The van der Waals surface area contributed by atoms with Crippen molar-refractivity contribution in [3.63, 3.8) is 0 Å². The highest BCUT2D eigenvalue weighted by atomic mass is 35.5. The molecule has 0 spiro atoms. The first-order chi connectivity index (χ1) is 8.36. The lowest BCUT2D eigenvalue weighted by Gasteiger charge is -2.20. The molecule has 0 bridgehead atoms. The van der Waals surface area contributed by atoms with Crippen LogP contribution in [0.4, 0.5) is 22.0 Å². The summed E-state index contributed by atoms with van der Waals surface area (Å²) in [5.74, 6) is -10.6. The molecule has 1 aromatic rings. The molecule has 19 heavy (non-hydrogen) atoms. The van der Waals surface area contributed by atoms with Crippen LogP contribution in [0.5, 0.6) is 0 Å². The molecule has 0 aliphatic heterocycles. The van der Waals surface area contributed by atoms with Gasteiger partial charge in [0.2, 0.25) is 5.82 Å². The molecule has 0 unspecified atom stereocenters. The van der Waals surface area contributed by atoms with Crippen molar-refractivity contribution in [3.05, 3.63) is 34.6 Å². The zero-order valence-corrected chi connectivity index (χ0v) is 10.3. The molecule has 3 N–H and O–H groups in total. The first kappa shape index (κ1) is 16.1. The van der Waals surface area contributed by atoms with Crippen LogP contribution >= 0.6 is 12.4 Å². The van der Waals surface area contributed by atoms with E-state index in [1.807, 2.05) is 0 Å². The molecule has 1 aromatic carbocycles. The molecule has 108 valence electrons. The van der Waals surface area contributed by atoms with Crippen molar-refractivity contribution in [2.45, 2.75) is 25.0 Å². The first-order valence-electron chi connectivity index (χ1n) is 5.31. The Morgan fingerprint density at radius 1 is 0.895 bits per heavy atom. The minimum absolute atomic E-state index is 0. The van der Waals surface area contributed by atoms with Gasteiger partial charge in [-0.15, -0.1) is 12.4 Å². The fraction of sp³-hybridized carbons (Fsp3) is 0.455. The van der Waals surface area contributed by atoms with Gasteiger partial charge in [0, 0.05) is 5.56 Å². The topological polar surface area (TPSA) is 46.2 Å². The van der Waals surface area contributed by atoms with E-state index in [1.165, 1.54) is 0 Å². The maximum atomic E-state index is 13.4. The van der Waals surface area contributed by atoms with Gasteiger partial charge in [0.15, 0.2) is 23.3 Å². The van der Waals surface area contributed by atoms with Crippen LogP contribution in [0.25, 0.3) is 0 Å². The van der Waals surface area contributed by atoms with Gasteiger partial charge in [0.1, 0.15) is 0 Å². The third-order valence-corrected chi connectivity index (χ3v) is 3.05. The second kappa shape index (κ2) is 5.60. The van der Waals surface area contributed by atoms with Crippen LogP contribution in [0.1, 0.15) is 24.4 Å². The Hall–Kier alpha value is -0.920. The summed E-state index contributed by atoms with van der Waals surface area (Å²) in [6.45, 7) is 0. The van der Waals surface area contributed by atoms with Gasteiger partial charge in [-0.3, -0.25) is 0 Å². The molecular weight excluding hydrogens is 293 g/mol. The molecule has 0 radical (unpaired) electrons. The first-order valence-corrected chi connectivity index (χ1v) is 5.31. The molecule has 0 amide bonds. The average molecular weight is 304 g/mol. The van der Waals surface area contributed by atoms with Gasteiger partial charge in [-0.05, 0) is 18.8 Å². The number of aliphatic hydroxyl groups is 1. The molecule has 1 aliphatic rings. The van der Waals surface area contributed by atoms with E-state index >= 15 is 0 Å². The Labute approximate surface area is 111 Å². The summed E-state index contributed by atoms with van der Waals surface area (Å²) < 4.78 is 65.5. The van der Waals surface area contributed by atoms with Gasteiger partial charge in [-0.25, -0.2) is 22.0 Å². The van der Waals surface area contributed by atoms with Crippen molar-refractivity contribution in [2.24, 2.45) is 11.7 Å². The Kier molecular flexibility index (Phi) is 4.76. The van der Waals surface area contributed by atoms with Crippen LogP contribution in [0.2, 0.25) is 0 Å². The van der Waals surface area contributed by atoms with Crippen molar-refractivity contribution < 1.29 is 27.1 Å². The molecule has 0 heterocycles. The smallest absolute Gasteiger partial charge is 0.200 e. The number of hydrogen-bond acceptors (Lipinski definition) is 2. The van der Waals surface area contributed by atoms with E-state index in [9.17, 15) is 27.1 Å². The van der Waals surface area contributed by atoms with Gasteiger partial charge in [-0.2, -0.15) is 0 Å². The average Bonchev–Trinajstić information content (AvgIpc) is 3.17. The number of nitrogens with two attached hydrogens (primary N) is 1. The number of hydrogen-bond donors (Lipinski definition) is 2.